The van der Waals surface area contributed by atoms with Crippen molar-refractivity contribution in [2.75, 3.05) is 4.90 Å². The van der Waals surface area contributed by atoms with Crippen LogP contribution < -0.4 is 9.64 Å². The van der Waals surface area contributed by atoms with Crippen LogP contribution in [0.5, 0.6) is 5.88 Å². The van der Waals surface area contributed by atoms with Gasteiger partial charge in [0.25, 0.3) is 0 Å². The number of hydrogen-bond donors (Lipinski definition) is 0. The minimum absolute atomic E-state index is 0.286. The summed E-state index contributed by atoms with van der Waals surface area (Å²) in [5.74, 6) is 1.08. The molecule has 3 heterocycles. The maximum atomic E-state index is 13.9. The third-order valence-corrected chi connectivity index (χ3v) is 5.41. The van der Waals surface area contributed by atoms with Gasteiger partial charge < -0.3 is 14.1 Å². The summed E-state index contributed by atoms with van der Waals surface area (Å²) >= 11 is 0. The summed E-state index contributed by atoms with van der Waals surface area (Å²) in [5.41, 5.74) is 3.30. The highest BCUT2D eigenvalue weighted by Crippen LogP contribution is 2.34. The number of esters is 1. The molecule has 1 aliphatic rings. The minimum Gasteiger partial charge on any atom is -0.469 e. The Labute approximate surface area is 190 Å². The number of imidazole rings is 1. The zero-order valence-corrected chi connectivity index (χ0v) is 18.1. The molecule has 166 valence electrons. The van der Waals surface area contributed by atoms with Crippen molar-refractivity contribution >= 4 is 17.2 Å². The number of fused-ring (bicyclic) bond motifs is 1. The van der Waals surface area contributed by atoms with Crippen molar-refractivity contribution in [3.63, 3.8) is 0 Å². The third-order valence-electron chi connectivity index (χ3n) is 5.41. The summed E-state index contributed by atoms with van der Waals surface area (Å²) in [6, 6.07) is 20.1. The van der Waals surface area contributed by atoms with Crippen molar-refractivity contribution in [3.8, 4) is 5.88 Å². The zero-order valence-electron chi connectivity index (χ0n) is 18.1. The molecule has 1 aliphatic heterocycles. The summed E-state index contributed by atoms with van der Waals surface area (Å²) in [6.45, 7) is 1.79. The number of carbonyl (C=O) groups excluding carboxylic acids is 1. The van der Waals surface area contributed by atoms with Gasteiger partial charge in [0, 0.05) is 30.8 Å². The van der Waals surface area contributed by atoms with Crippen LogP contribution in [-0.2, 0) is 24.3 Å². The first-order valence-electron chi connectivity index (χ1n) is 10.6. The highest BCUT2D eigenvalue weighted by molar-refractivity contribution is 5.72. The van der Waals surface area contributed by atoms with Crippen molar-refractivity contribution in [2.45, 2.75) is 26.4 Å². The molecule has 0 fully saturated rings. The molecule has 7 heteroatoms. The van der Waals surface area contributed by atoms with Crippen LogP contribution in [0.2, 0.25) is 0 Å². The van der Waals surface area contributed by atoms with E-state index in [9.17, 15) is 9.18 Å². The molecule has 0 aliphatic carbocycles. The fourth-order valence-corrected chi connectivity index (χ4v) is 4.01. The number of anilines is 1. The van der Waals surface area contributed by atoms with Gasteiger partial charge in [-0.3, -0.25) is 9.36 Å². The molecule has 6 nitrogen and oxygen atoms in total. The molecule has 0 saturated heterocycles. The second kappa shape index (κ2) is 8.78. The molecular weight excluding hydrogens is 421 g/mol. The number of para-hydroxylation sites is 1. The lowest BCUT2D eigenvalue weighted by Gasteiger charge is -2.29. The summed E-state index contributed by atoms with van der Waals surface area (Å²) in [4.78, 5) is 18.9. The van der Waals surface area contributed by atoms with Crippen molar-refractivity contribution < 1.29 is 18.3 Å². The number of carbonyl (C=O) groups is 1. The van der Waals surface area contributed by atoms with Crippen molar-refractivity contribution in [3.05, 3.63) is 108 Å². The fourth-order valence-electron chi connectivity index (χ4n) is 4.01. The first-order chi connectivity index (χ1) is 16.1. The molecule has 4 aromatic rings. The van der Waals surface area contributed by atoms with Gasteiger partial charge in [-0.15, -0.1) is 0 Å². The predicted molar refractivity (Wildman–Crippen MR) is 122 cm³/mol. The van der Waals surface area contributed by atoms with E-state index in [1.165, 1.54) is 19.1 Å². The van der Waals surface area contributed by atoms with Gasteiger partial charge in [0.1, 0.15) is 29.8 Å². The lowest BCUT2D eigenvalue weighted by Crippen LogP contribution is -2.27. The van der Waals surface area contributed by atoms with Crippen molar-refractivity contribution in [1.29, 1.82) is 0 Å². The molecule has 5 rings (SSSR count). The minimum atomic E-state index is -0.425. The van der Waals surface area contributed by atoms with E-state index < -0.39 is 5.97 Å². The Balaban J connectivity index is 1.61. The molecule has 0 radical (unpaired) electrons. The molecule has 33 heavy (non-hydrogen) atoms. The number of halogens is 1. The van der Waals surface area contributed by atoms with Crippen LogP contribution in [0.3, 0.4) is 0 Å². The predicted octanol–water partition coefficient (Wildman–Crippen LogP) is 5.19. The number of hydrogen-bond acceptors (Lipinski definition) is 5. The standard InChI is InChI=1S/C26H22FN3O3/c1-18(31)33-26-24(15-23-11-6-12-32-23)28-25-20(13-19-7-5-8-21(27)14-19)16-29(17-30(25)26)22-9-3-2-4-10-22/h2-12,14,16H,13,15,17H2,1H3. The number of allylic oxidation sites excluding steroid dienone is 1. The summed E-state index contributed by atoms with van der Waals surface area (Å²) in [5, 5.41) is 0. The Morgan fingerprint density at radius 2 is 1.94 bits per heavy atom. The van der Waals surface area contributed by atoms with E-state index in [1.807, 2.05) is 59.3 Å². The van der Waals surface area contributed by atoms with Crippen LogP contribution in [-0.4, -0.2) is 15.5 Å². The monoisotopic (exact) mass is 443 g/mol. The first kappa shape index (κ1) is 20.8. The lowest BCUT2D eigenvalue weighted by molar-refractivity contribution is -0.132. The Morgan fingerprint density at radius 3 is 2.67 bits per heavy atom. The average molecular weight is 443 g/mol. The number of rotatable bonds is 6. The SMILES string of the molecule is CC(=O)Oc1c(Cc2ccco2)nc2n1CN(c1ccccc1)C=C2Cc1cccc(F)c1. The molecule has 0 spiro atoms. The molecular formula is C26H22FN3O3. The van der Waals surface area contributed by atoms with Gasteiger partial charge in [0.2, 0.25) is 5.88 Å². The Hall–Kier alpha value is -4.13. The second-order valence-corrected chi connectivity index (χ2v) is 7.87. The van der Waals surface area contributed by atoms with Gasteiger partial charge in [-0.05, 0) is 42.0 Å². The molecule has 0 saturated carbocycles. The maximum Gasteiger partial charge on any atom is 0.309 e. The number of benzene rings is 2. The quantitative estimate of drug-likeness (QED) is 0.384. The summed E-state index contributed by atoms with van der Waals surface area (Å²) in [6.07, 6.45) is 4.48. The smallest absolute Gasteiger partial charge is 0.309 e. The van der Waals surface area contributed by atoms with Crippen LogP contribution in [0.4, 0.5) is 10.1 Å². The van der Waals surface area contributed by atoms with E-state index in [1.54, 1.807) is 12.3 Å². The molecule has 0 N–H and O–H groups in total. The highest BCUT2D eigenvalue weighted by atomic mass is 19.1. The number of aromatic nitrogens is 2. The van der Waals surface area contributed by atoms with E-state index in [4.69, 9.17) is 14.1 Å². The van der Waals surface area contributed by atoms with Gasteiger partial charge >= 0.3 is 5.97 Å². The first-order valence-corrected chi connectivity index (χ1v) is 10.6. The largest absolute Gasteiger partial charge is 0.469 e. The molecule has 0 unspecified atom stereocenters. The topological polar surface area (TPSA) is 60.5 Å². The zero-order chi connectivity index (χ0) is 22.8. The number of ether oxygens (including phenoxy) is 1. The molecule has 2 aromatic carbocycles. The number of nitrogens with zero attached hydrogens (tertiary/aromatic N) is 3. The Bertz CT molecular complexity index is 1310. The second-order valence-electron chi connectivity index (χ2n) is 7.87. The van der Waals surface area contributed by atoms with Crippen LogP contribution in [0.1, 0.15) is 29.8 Å². The Morgan fingerprint density at radius 1 is 1.09 bits per heavy atom. The summed E-state index contributed by atoms with van der Waals surface area (Å²) < 4.78 is 26.9. The molecule has 0 atom stereocenters. The van der Waals surface area contributed by atoms with Crippen LogP contribution in [0.15, 0.2) is 83.6 Å². The van der Waals surface area contributed by atoms with E-state index in [-0.39, 0.29) is 5.82 Å². The van der Waals surface area contributed by atoms with Crippen molar-refractivity contribution in [1.82, 2.24) is 9.55 Å². The van der Waals surface area contributed by atoms with Crippen molar-refractivity contribution in [2.24, 2.45) is 0 Å². The Kier molecular flexibility index (Phi) is 5.52. The normalized spacial score (nSPS) is 12.9. The number of furan rings is 1. The van der Waals surface area contributed by atoms with Crippen LogP contribution in [0, 0.1) is 5.82 Å². The maximum absolute atomic E-state index is 13.9. The summed E-state index contributed by atoms with van der Waals surface area (Å²) in [7, 11) is 0. The fraction of sp³-hybridized carbons (Fsp3) is 0.154. The van der Waals surface area contributed by atoms with Gasteiger partial charge in [0.05, 0.1) is 12.7 Å². The van der Waals surface area contributed by atoms with Gasteiger partial charge in [-0.25, -0.2) is 9.37 Å². The third kappa shape index (κ3) is 4.43. The van der Waals surface area contributed by atoms with E-state index in [0.717, 1.165) is 22.6 Å². The van der Waals surface area contributed by atoms with E-state index in [2.05, 4.69) is 4.90 Å². The van der Waals surface area contributed by atoms with Gasteiger partial charge in [-0.2, -0.15) is 0 Å². The molecule has 0 bridgehead atoms. The highest BCUT2D eigenvalue weighted by Gasteiger charge is 2.28. The van der Waals surface area contributed by atoms with Crippen LogP contribution >= 0.6 is 0 Å². The van der Waals surface area contributed by atoms with E-state index >= 15 is 0 Å². The van der Waals surface area contributed by atoms with Gasteiger partial charge in [0.15, 0.2) is 0 Å². The average Bonchev–Trinajstić information content (AvgIpc) is 3.43. The van der Waals surface area contributed by atoms with Crippen LogP contribution in [0.25, 0.3) is 5.57 Å². The molecule has 2 aromatic heterocycles. The van der Waals surface area contributed by atoms with Gasteiger partial charge in [-0.1, -0.05) is 30.3 Å². The lowest BCUT2D eigenvalue weighted by atomic mass is 10.0. The van der Waals surface area contributed by atoms with E-state index in [0.29, 0.717) is 36.9 Å². The molecule has 0 amide bonds.